The molecule has 1 aromatic heterocycles. The van der Waals surface area contributed by atoms with Gasteiger partial charge >= 0.3 is 10.8 Å². The van der Waals surface area contributed by atoms with E-state index in [1.165, 1.54) is 35.8 Å². The fourth-order valence-electron chi connectivity index (χ4n) is 1.79. The molecule has 0 unspecified atom stereocenters. The molecule has 1 N–H and O–H groups in total. The highest BCUT2D eigenvalue weighted by atomic mass is 32.1. The fourth-order valence-corrected chi connectivity index (χ4v) is 2.52. The second kappa shape index (κ2) is 7.19. The van der Waals surface area contributed by atoms with E-state index >= 15 is 0 Å². The number of hydrogen-bond donors (Lipinski definition) is 1. The lowest BCUT2D eigenvalue weighted by atomic mass is 10.3. The fraction of sp³-hybridized carbons (Fsp3) is 0.267. The van der Waals surface area contributed by atoms with Gasteiger partial charge in [-0.1, -0.05) is 11.3 Å². The molecule has 0 spiro atoms. The third-order valence-electron chi connectivity index (χ3n) is 3.05. The molecule has 0 saturated carbocycles. The third kappa shape index (κ3) is 4.49. The number of esters is 1. The highest BCUT2D eigenvalue weighted by molar-refractivity contribution is 7.07. The molecule has 8 heteroatoms. The van der Waals surface area contributed by atoms with Gasteiger partial charge in [-0.15, -0.1) is 0 Å². The van der Waals surface area contributed by atoms with E-state index in [4.69, 9.17) is 4.74 Å². The first-order valence-corrected chi connectivity index (χ1v) is 7.65. The molecule has 122 valence electrons. The first kappa shape index (κ1) is 16.9. The van der Waals surface area contributed by atoms with Crippen LogP contribution >= 0.6 is 11.3 Å². The van der Waals surface area contributed by atoms with Crippen LogP contribution in [-0.4, -0.2) is 22.5 Å². The molecule has 6 nitrogen and oxygen atoms in total. The Bertz CT molecular complexity index is 767. The van der Waals surface area contributed by atoms with Crippen molar-refractivity contribution in [3.63, 3.8) is 0 Å². The molecular weight excluding hydrogens is 323 g/mol. The van der Waals surface area contributed by atoms with Gasteiger partial charge in [0, 0.05) is 16.8 Å². The number of carbonyl (C=O) groups excluding carboxylic acids is 2. The Morgan fingerprint density at radius 2 is 2.00 bits per heavy atom. The Labute approximate surface area is 135 Å². The van der Waals surface area contributed by atoms with Crippen LogP contribution in [0.4, 0.5) is 10.1 Å². The van der Waals surface area contributed by atoms with Crippen molar-refractivity contribution in [2.24, 2.45) is 0 Å². The number of amides is 1. The summed E-state index contributed by atoms with van der Waals surface area (Å²) in [6.07, 6.45) is -1.04. The molecular formula is C15H15FN2O4S. The van der Waals surface area contributed by atoms with Crippen molar-refractivity contribution in [2.75, 3.05) is 5.32 Å². The smallest absolute Gasteiger partial charge is 0.326 e. The van der Waals surface area contributed by atoms with Gasteiger partial charge in [0.1, 0.15) is 12.4 Å². The van der Waals surface area contributed by atoms with Gasteiger partial charge in [0.15, 0.2) is 6.10 Å². The summed E-state index contributed by atoms with van der Waals surface area (Å²) >= 11 is 0.991. The van der Waals surface area contributed by atoms with Crippen LogP contribution in [0.2, 0.25) is 0 Å². The van der Waals surface area contributed by atoms with Crippen LogP contribution in [0.1, 0.15) is 12.6 Å². The number of hydrogen-bond acceptors (Lipinski definition) is 5. The summed E-state index contributed by atoms with van der Waals surface area (Å²) in [4.78, 5) is 35.0. The normalized spacial score (nSPS) is 11.8. The number of thiazole rings is 1. The van der Waals surface area contributed by atoms with Gasteiger partial charge < -0.3 is 10.1 Å². The van der Waals surface area contributed by atoms with Crippen molar-refractivity contribution in [3.8, 4) is 0 Å². The van der Waals surface area contributed by atoms with E-state index in [9.17, 15) is 18.8 Å². The Morgan fingerprint density at radius 3 is 2.57 bits per heavy atom. The van der Waals surface area contributed by atoms with Gasteiger partial charge in [-0.3, -0.25) is 19.0 Å². The number of benzene rings is 1. The van der Waals surface area contributed by atoms with Gasteiger partial charge in [-0.2, -0.15) is 0 Å². The van der Waals surface area contributed by atoms with Crippen LogP contribution in [0.5, 0.6) is 0 Å². The highest BCUT2D eigenvalue weighted by Gasteiger charge is 2.19. The topological polar surface area (TPSA) is 77.4 Å². The molecule has 0 aliphatic heterocycles. The van der Waals surface area contributed by atoms with Crippen molar-refractivity contribution in [3.05, 3.63) is 50.8 Å². The van der Waals surface area contributed by atoms with E-state index in [0.29, 0.717) is 11.4 Å². The van der Waals surface area contributed by atoms with E-state index in [1.807, 2.05) is 0 Å². The van der Waals surface area contributed by atoms with E-state index in [1.54, 1.807) is 12.3 Å². The largest absolute Gasteiger partial charge is 0.451 e. The Morgan fingerprint density at radius 1 is 1.35 bits per heavy atom. The molecule has 0 saturated heterocycles. The lowest BCUT2D eigenvalue weighted by molar-refractivity contribution is -0.153. The van der Waals surface area contributed by atoms with E-state index in [-0.39, 0.29) is 11.4 Å². The standard InChI is InChI=1S/C15H15FN2O4S/c1-9-8-23-15(21)18(9)7-13(19)22-10(2)14(20)17-12-5-3-11(16)4-6-12/h3-6,8,10H,7H2,1-2H3,(H,17,20)/t10-/m0/s1. The van der Waals surface area contributed by atoms with Gasteiger partial charge in [0.2, 0.25) is 0 Å². The number of aryl methyl sites for hydroxylation is 1. The molecule has 0 fully saturated rings. The molecule has 0 radical (unpaired) electrons. The zero-order valence-electron chi connectivity index (χ0n) is 12.5. The predicted molar refractivity (Wildman–Crippen MR) is 83.9 cm³/mol. The number of ether oxygens (including phenoxy) is 1. The van der Waals surface area contributed by atoms with Gasteiger partial charge in [0.05, 0.1) is 0 Å². The van der Waals surface area contributed by atoms with Crippen LogP contribution in [0.3, 0.4) is 0 Å². The van der Waals surface area contributed by atoms with Crippen LogP contribution in [0.15, 0.2) is 34.4 Å². The Balaban J connectivity index is 1.91. The number of anilines is 1. The quantitative estimate of drug-likeness (QED) is 0.845. The van der Waals surface area contributed by atoms with Crippen molar-refractivity contribution in [1.82, 2.24) is 4.57 Å². The summed E-state index contributed by atoms with van der Waals surface area (Å²) in [7, 11) is 0. The molecule has 1 aromatic carbocycles. The molecule has 1 heterocycles. The van der Waals surface area contributed by atoms with E-state index in [2.05, 4.69) is 5.32 Å². The summed E-state index contributed by atoms with van der Waals surface area (Å²) in [5.74, 6) is -1.64. The zero-order chi connectivity index (χ0) is 17.0. The lowest BCUT2D eigenvalue weighted by Crippen LogP contribution is -2.32. The second-order valence-electron chi connectivity index (χ2n) is 4.86. The van der Waals surface area contributed by atoms with Gasteiger partial charge in [-0.05, 0) is 38.1 Å². The highest BCUT2D eigenvalue weighted by Crippen LogP contribution is 2.09. The summed E-state index contributed by atoms with van der Waals surface area (Å²) in [6.45, 7) is 2.87. The SMILES string of the molecule is Cc1csc(=O)n1CC(=O)O[C@@H](C)C(=O)Nc1ccc(F)cc1. The number of nitrogens with zero attached hydrogens (tertiary/aromatic N) is 1. The molecule has 2 aromatic rings. The number of nitrogens with one attached hydrogen (secondary N) is 1. The maximum Gasteiger partial charge on any atom is 0.326 e. The minimum atomic E-state index is -1.04. The molecule has 0 aliphatic rings. The molecule has 0 aliphatic carbocycles. The Hall–Kier alpha value is -2.48. The number of aromatic nitrogens is 1. The molecule has 23 heavy (non-hydrogen) atoms. The second-order valence-corrected chi connectivity index (χ2v) is 5.68. The van der Waals surface area contributed by atoms with Crippen LogP contribution in [0, 0.1) is 12.7 Å². The third-order valence-corrected chi connectivity index (χ3v) is 3.93. The van der Waals surface area contributed by atoms with Crippen molar-refractivity contribution in [1.29, 1.82) is 0 Å². The minimum Gasteiger partial charge on any atom is -0.451 e. The van der Waals surface area contributed by atoms with Crippen LogP contribution in [-0.2, 0) is 20.9 Å². The average molecular weight is 338 g/mol. The van der Waals surface area contributed by atoms with Gasteiger partial charge in [0.25, 0.3) is 5.91 Å². The molecule has 0 bridgehead atoms. The minimum absolute atomic E-state index is 0.248. The number of rotatable bonds is 5. The first-order chi connectivity index (χ1) is 10.9. The maximum atomic E-state index is 12.8. The molecule has 1 amide bonds. The monoisotopic (exact) mass is 338 g/mol. The lowest BCUT2D eigenvalue weighted by Gasteiger charge is -2.14. The average Bonchev–Trinajstić information content (AvgIpc) is 2.81. The summed E-state index contributed by atoms with van der Waals surface area (Å²) < 4.78 is 19.1. The van der Waals surface area contributed by atoms with Crippen molar-refractivity contribution >= 4 is 28.9 Å². The maximum absolute atomic E-state index is 12.8. The summed E-state index contributed by atoms with van der Waals surface area (Å²) in [5.41, 5.74) is 1.05. The summed E-state index contributed by atoms with van der Waals surface area (Å²) in [6, 6.07) is 5.21. The molecule has 1 atom stereocenters. The van der Waals surface area contributed by atoms with Crippen molar-refractivity contribution in [2.45, 2.75) is 26.5 Å². The van der Waals surface area contributed by atoms with Crippen molar-refractivity contribution < 1.29 is 18.7 Å². The Kier molecular flexibility index (Phi) is 5.28. The van der Waals surface area contributed by atoms with Crippen LogP contribution in [0.25, 0.3) is 0 Å². The van der Waals surface area contributed by atoms with Gasteiger partial charge in [-0.25, -0.2) is 4.39 Å². The number of halogens is 1. The first-order valence-electron chi connectivity index (χ1n) is 6.77. The predicted octanol–water partition coefficient (Wildman–Crippen LogP) is 1.93. The van der Waals surface area contributed by atoms with E-state index < -0.39 is 23.8 Å². The number of carbonyl (C=O) groups is 2. The summed E-state index contributed by atoms with van der Waals surface area (Å²) in [5, 5.41) is 4.15. The molecule has 2 rings (SSSR count). The van der Waals surface area contributed by atoms with E-state index in [0.717, 1.165) is 11.3 Å². The van der Waals surface area contributed by atoms with Crippen LogP contribution < -0.4 is 10.2 Å². The zero-order valence-corrected chi connectivity index (χ0v) is 13.4.